The predicted molar refractivity (Wildman–Crippen MR) is 151 cm³/mol. The second kappa shape index (κ2) is 14.4. The number of amides is 3. The van der Waals surface area contributed by atoms with Crippen LogP contribution in [0.3, 0.4) is 0 Å². The van der Waals surface area contributed by atoms with E-state index < -0.39 is 47.1 Å². The van der Waals surface area contributed by atoms with Crippen LogP contribution >= 0.6 is 12.6 Å². The summed E-state index contributed by atoms with van der Waals surface area (Å²) < 4.78 is 10.3. The molecule has 0 bridgehead atoms. The number of hydrogen-bond donors (Lipinski definition) is 3. The summed E-state index contributed by atoms with van der Waals surface area (Å²) in [5.74, 6) is -1.34. The second-order valence-electron chi connectivity index (χ2n) is 10.8. The molecule has 0 aliphatic carbocycles. The number of carbonyl (C=O) groups is 4. The summed E-state index contributed by atoms with van der Waals surface area (Å²) in [5, 5.41) is 5.42. The number of thiol groups is 1. The van der Waals surface area contributed by atoms with Crippen LogP contribution in [0.5, 0.6) is 0 Å². The largest absolute Gasteiger partial charge is 0.466 e. The van der Waals surface area contributed by atoms with Gasteiger partial charge in [-0.05, 0) is 78.5 Å². The summed E-state index contributed by atoms with van der Waals surface area (Å²) in [4.78, 5) is 53.7. The van der Waals surface area contributed by atoms with Crippen LogP contribution in [0, 0.1) is 13.8 Å². The molecule has 1 aromatic rings. The Morgan fingerprint density at radius 3 is 2.16 bits per heavy atom. The number of ether oxygens (including phenoxy) is 2. The maximum atomic E-state index is 14.1. The zero-order valence-electron chi connectivity index (χ0n) is 24.3. The van der Waals surface area contributed by atoms with Gasteiger partial charge in [0.15, 0.2) is 0 Å². The highest BCUT2D eigenvalue weighted by atomic mass is 32.1. The lowest BCUT2D eigenvalue weighted by Gasteiger charge is -2.44. The minimum absolute atomic E-state index is 0.00149. The van der Waals surface area contributed by atoms with Gasteiger partial charge in [0.25, 0.3) is 0 Å². The van der Waals surface area contributed by atoms with Gasteiger partial charge < -0.3 is 25.0 Å². The van der Waals surface area contributed by atoms with Gasteiger partial charge in [0, 0.05) is 17.8 Å². The Bertz CT molecular complexity index is 989. The lowest BCUT2D eigenvalue weighted by Crippen LogP contribution is -2.60. The van der Waals surface area contributed by atoms with Gasteiger partial charge in [-0.15, -0.1) is 0 Å². The molecule has 0 aliphatic heterocycles. The zero-order chi connectivity index (χ0) is 29.3. The van der Waals surface area contributed by atoms with Crippen molar-refractivity contribution in [1.29, 1.82) is 0 Å². The summed E-state index contributed by atoms with van der Waals surface area (Å²) in [6.07, 6.45) is -0.216. The molecule has 38 heavy (non-hydrogen) atoms. The lowest BCUT2D eigenvalue weighted by atomic mass is 9.91. The second-order valence-corrected chi connectivity index (χ2v) is 11.2. The lowest BCUT2D eigenvalue weighted by molar-refractivity contribution is -0.149. The molecule has 1 aromatic carbocycles. The molecule has 0 aliphatic rings. The summed E-state index contributed by atoms with van der Waals surface area (Å²) in [6.45, 7) is 16.8. The van der Waals surface area contributed by atoms with Crippen LogP contribution in [0.25, 0.3) is 0 Å². The molecule has 0 saturated carbocycles. The van der Waals surface area contributed by atoms with Crippen LogP contribution in [-0.2, 0) is 23.9 Å². The van der Waals surface area contributed by atoms with Crippen LogP contribution in [0.4, 0.5) is 4.79 Å². The van der Waals surface area contributed by atoms with Crippen molar-refractivity contribution < 1.29 is 28.7 Å². The van der Waals surface area contributed by atoms with E-state index in [4.69, 9.17) is 9.47 Å². The third kappa shape index (κ3) is 9.85. The number of rotatable bonds is 12. The summed E-state index contributed by atoms with van der Waals surface area (Å²) in [6, 6.07) is 3.54. The first-order valence-corrected chi connectivity index (χ1v) is 13.6. The summed E-state index contributed by atoms with van der Waals surface area (Å²) >= 11 is 4.33. The van der Waals surface area contributed by atoms with Gasteiger partial charge in [0.05, 0.1) is 13.0 Å². The van der Waals surface area contributed by atoms with Gasteiger partial charge in [-0.25, -0.2) is 4.79 Å². The minimum Gasteiger partial charge on any atom is -0.466 e. The first kappa shape index (κ1) is 33.3. The molecule has 9 nitrogen and oxygen atoms in total. The van der Waals surface area contributed by atoms with Gasteiger partial charge >= 0.3 is 12.1 Å². The van der Waals surface area contributed by atoms with Crippen LogP contribution < -0.4 is 10.6 Å². The maximum Gasteiger partial charge on any atom is 0.408 e. The third-order valence-corrected chi connectivity index (χ3v) is 6.58. The molecule has 2 unspecified atom stereocenters. The van der Waals surface area contributed by atoms with Crippen LogP contribution in [0.1, 0.15) is 84.0 Å². The Morgan fingerprint density at radius 2 is 1.66 bits per heavy atom. The van der Waals surface area contributed by atoms with Crippen molar-refractivity contribution in [2.45, 2.75) is 98.4 Å². The van der Waals surface area contributed by atoms with Gasteiger partial charge in [0.2, 0.25) is 11.8 Å². The van der Waals surface area contributed by atoms with Gasteiger partial charge in [-0.2, -0.15) is 12.6 Å². The van der Waals surface area contributed by atoms with Crippen LogP contribution in [-0.4, -0.2) is 64.9 Å². The van der Waals surface area contributed by atoms with E-state index in [0.717, 1.165) is 11.1 Å². The standard InChI is InChI=1S/C28H45N3O6S/c1-10-28(8,9)31(25(34)21(17-38)30-26(35)37-27(5,6)7)23(20-13-12-18(3)19(4)16-20)24(33)29-15-14-22(32)36-11-2/h12-13,16,21,23,38H,10-11,14-15,17H2,1-9H3,(H,29,33)(H,30,35). The molecule has 1 rings (SSSR count). The Labute approximate surface area is 232 Å². The molecule has 2 atom stereocenters. The monoisotopic (exact) mass is 551 g/mol. The van der Waals surface area contributed by atoms with E-state index >= 15 is 0 Å². The average Bonchev–Trinajstić information content (AvgIpc) is 2.81. The molecule has 3 amide bonds. The van der Waals surface area contributed by atoms with E-state index in [1.807, 2.05) is 52.8 Å². The molecular weight excluding hydrogens is 506 g/mol. The number of alkyl carbamates (subject to hydrolysis) is 1. The van der Waals surface area contributed by atoms with Crippen molar-refractivity contribution in [3.05, 3.63) is 34.9 Å². The first-order valence-electron chi connectivity index (χ1n) is 13.0. The quantitative estimate of drug-likeness (QED) is 0.264. The van der Waals surface area contributed by atoms with E-state index in [9.17, 15) is 19.2 Å². The number of esters is 1. The van der Waals surface area contributed by atoms with Crippen LogP contribution in [0.15, 0.2) is 18.2 Å². The molecule has 214 valence electrons. The molecule has 10 heteroatoms. The highest BCUT2D eigenvalue weighted by Crippen LogP contribution is 2.33. The topological polar surface area (TPSA) is 114 Å². The number of hydrogen-bond acceptors (Lipinski definition) is 7. The maximum absolute atomic E-state index is 14.1. The third-order valence-electron chi connectivity index (χ3n) is 6.21. The van der Waals surface area contributed by atoms with E-state index in [-0.39, 0.29) is 25.3 Å². The molecular formula is C28H45N3O6S. The molecule has 0 radical (unpaired) electrons. The molecule has 0 heterocycles. The molecule has 0 saturated heterocycles. The van der Waals surface area contributed by atoms with E-state index in [1.165, 1.54) is 4.90 Å². The van der Waals surface area contributed by atoms with Crippen molar-refractivity contribution in [3.8, 4) is 0 Å². The van der Waals surface area contributed by atoms with Crippen molar-refractivity contribution in [2.75, 3.05) is 18.9 Å². The number of nitrogens with one attached hydrogen (secondary N) is 2. The van der Waals surface area contributed by atoms with E-state index in [2.05, 4.69) is 23.3 Å². The van der Waals surface area contributed by atoms with Crippen molar-refractivity contribution in [1.82, 2.24) is 15.5 Å². The number of aryl methyl sites for hydroxylation is 2. The highest BCUT2D eigenvalue weighted by Gasteiger charge is 2.43. The molecule has 0 spiro atoms. The Kier molecular flexibility index (Phi) is 12.6. The Balaban J connectivity index is 3.51. The van der Waals surface area contributed by atoms with E-state index in [1.54, 1.807) is 27.7 Å². The number of carbonyl (C=O) groups excluding carboxylic acids is 4. The van der Waals surface area contributed by atoms with Crippen molar-refractivity contribution >= 4 is 36.5 Å². The van der Waals surface area contributed by atoms with E-state index in [0.29, 0.717) is 12.0 Å². The minimum atomic E-state index is -1.04. The van der Waals surface area contributed by atoms with Crippen LogP contribution in [0.2, 0.25) is 0 Å². The fourth-order valence-corrected chi connectivity index (χ4v) is 3.97. The smallest absolute Gasteiger partial charge is 0.408 e. The SMILES string of the molecule is CCOC(=O)CCNC(=O)C(c1ccc(C)c(C)c1)N(C(=O)C(CS)NC(=O)OC(C)(C)C)C(C)(C)CC. The normalized spacial score (nSPS) is 13.2. The average molecular weight is 552 g/mol. The van der Waals surface area contributed by atoms with Crippen molar-refractivity contribution in [2.24, 2.45) is 0 Å². The van der Waals surface area contributed by atoms with Gasteiger partial charge in [0.1, 0.15) is 17.7 Å². The molecule has 0 aromatic heterocycles. The molecule has 2 N–H and O–H groups in total. The summed E-state index contributed by atoms with van der Waals surface area (Å²) in [5.41, 5.74) is 1.09. The summed E-state index contributed by atoms with van der Waals surface area (Å²) in [7, 11) is 0. The number of nitrogens with zero attached hydrogens (tertiary/aromatic N) is 1. The molecule has 0 fully saturated rings. The van der Waals surface area contributed by atoms with Gasteiger partial charge in [-0.3, -0.25) is 14.4 Å². The zero-order valence-corrected chi connectivity index (χ0v) is 25.2. The fourth-order valence-electron chi connectivity index (χ4n) is 3.72. The highest BCUT2D eigenvalue weighted by molar-refractivity contribution is 7.80. The van der Waals surface area contributed by atoms with Crippen molar-refractivity contribution in [3.63, 3.8) is 0 Å². The first-order chi connectivity index (χ1) is 17.6. The Morgan fingerprint density at radius 1 is 1.03 bits per heavy atom. The number of benzene rings is 1. The Hall–Kier alpha value is -2.75. The fraction of sp³-hybridized carbons (Fsp3) is 0.643. The predicted octanol–water partition coefficient (Wildman–Crippen LogP) is 4.25. The van der Waals surface area contributed by atoms with Gasteiger partial charge in [-0.1, -0.05) is 25.1 Å².